The molecule has 0 saturated heterocycles. The van der Waals surface area contributed by atoms with Crippen LogP contribution in [0, 0.1) is 6.92 Å². The number of hydrogen-bond donors (Lipinski definition) is 3. The van der Waals surface area contributed by atoms with E-state index in [0.717, 1.165) is 16.9 Å². The first-order chi connectivity index (χ1) is 14.4. The van der Waals surface area contributed by atoms with Crippen LogP contribution in [0.15, 0.2) is 68.6 Å². The summed E-state index contributed by atoms with van der Waals surface area (Å²) in [7, 11) is 1.75. The minimum absolute atomic E-state index is 0.336. The molecule has 1 aliphatic carbocycles. The predicted octanol–water partition coefficient (Wildman–Crippen LogP) is 3.24. The second-order valence-corrected chi connectivity index (χ2v) is 7.76. The van der Waals surface area contributed by atoms with Gasteiger partial charge in [-0.1, -0.05) is 48.0 Å². The van der Waals surface area contributed by atoms with Gasteiger partial charge >= 0.3 is 11.3 Å². The molecule has 0 spiro atoms. The molecule has 1 atom stereocenters. The van der Waals surface area contributed by atoms with Gasteiger partial charge < -0.3 is 15.5 Å². The van der Waals surface area contributed by atoms with Gasteiger partial charge in [0.25, 0.3) is 0 Å². The first kappa shape index (κ1) is 18.5. The summed E-state index contributed by atoms with van der Waals surface area (Å²) in [6.45, 7) is 2.02. The van der Waals surface area contributed by atoms with Crippen molar-refractivity contribution in [1.29, 1.82) is 0 Å². The molecule has 2 aromatic heterocycles. The summed E-state index contributed by atoms with van der Waals surface area (Å²) in [6, 6.07) is 15.3. The van der Waals surface area contributed by atoms with Crippen molar-refractivity contribution in [3.8, 4) is 0 Å². The first-order valence-electron chi connectivity index (χ1n) is 9.80. The van der Waals surface area contributed by atoms with Crippen LogP contribution in [-0.2, 0) is 5.66 Å². The van der Waals surface area contributed by atoms with Crippen LogP contribution < -0.4 is 27.6 Å². The maximum absolute atomic E-state index is 13.0. The average molecular weight is 399 g/mol. The van der Waals surface area contributed by atoms with Gasteiger partial charge in [-0.25, -0.2) is 9.59 Å². The third-order valence-corrected chi connectivity index (χ3v) is 5.93. The fourth-order valence-corrected chi connectivity index (χ4v) is 4.36. The molecule has 0 amide bonds. The molecule has 30 heavy (non-hydrogen) atoms. The van der Waals surface area contributed by atoms with Crippen LogP contribution in [0.3, 0.4) is 0 Å². The molecule has 150 valence electrons. The van der Waals surface area contributed by atoms with Crippen LogP contribution >= 0.6 is 0 Å². The summed E-state index contributed by atoms with van der Waals surface area (Å²) in [5, 5.41) is 8.60. The molecule has 1 unspecified atom stereocenters. The van der Waals surface area contributed by atoms with E-state index < -0.39 is 16.9 Å². The van der Waals surface area contributed by atoms with Crippen molar-refractivity contribution in [1.82, 2.24) is 5.32 Å². The maximum Gasteiger partial charge on any atom is 0.347 e. The number of benzene rings is 3. The van der Waals surface area contributed by atoms with E-state index in [0.29, 0.717) is 39.1 Å². The minimum Gasteiger partial charge on any atom is -0.386 e. The van der Waals surface area contributed by atoms with Crippen LogP contribution in [0.5, 0.6) is 0 Å². The first-order valence-corrected chi connectivity index (χ1v) is 9.80. The topological polar surface area (TPSA) is 97.4 Å². The van der Waals surface area contributed by atoms with Gasteiger partial charge in [-0.05, 0) is 36.9 Å². The highest BCUT2D eigenvalue weighted by Gasteiger charge is 2.38. The second kappa shape index (κ2) is 6.52. The lowest BCUT2D eigenvalue weighted by Crippen LogP contribution is -2.50. The van der Waals surface area contributed by atoms with E-state index in [4.69, 9.17) is 10.2 Å². The maximum atomic E-state index is 13.0. The number of anilines is 1. The molecule has 0 radical (unpaired) electrons. The molecule has 6 nitrogen and oxygen atoms in total. The average Bonchev–Trinajstić information content (AvgIpc) is 2.93. The van der Waals surface area contributed by atoms with Gasteiger partial charge in [-0.3, -0.25) is 5.32 Å². The third kappa shape index (κ3) is 2.58. The summed E-state index contributed by atoms with van der Waals surface area (Å²) in [6.07, 6.45) is 2.40. The molecule has 2 bridgehead atoms. The van der Waals surface area contributed by atoms with Gasteiger partial charge in [0.05, 0.1) is 16.4 Å². The quantitative estimate of drug-likeness (QED) is 0.458. The second-order valence-electron chi connectivity index (χ2n) is 7.76. The standard InChI is InChI=1S/C24H21N3O3/c1-13-7-9-14(10-8-13)27-17-11-12-24(25,26-2)21-19-16-6-4-3-5-15(16)18(20(17)21)22(28)30-23(19)29/h3-11,26-27H,12,25H2,1-2H3. The smallest absolute Gasteiger partial charge is 0.347 e. The van der Waals surface area contributed by atoms with Gasteiger partial charge in [0.1, 0.15) is 0 Å². The monoisotopic (exact) mass is 399 g/mol. The molecule has 0 fully saturated rings. The zero-order chi connectivity index (χ0) is 21.0. The molecule has 5 aromatic rings. The Bertz CT molecular complexity index is 1440. The Morgan fingerprint density at radius 3 is 2.27 bits per heavy atom. The van der Waals surface area contributed by atoms with Crippen LogP contribution in [-0.4, -0.2) is 7.05 Å². The molecule has 2 heterocycles. The van der Waals surface area contributed by atoms with E-state index in [1.807, 2.05) is 61.5 Å². The van der Waals surface area contributed by atoms with Crippen LogP contribution in [0.25, 0.3) is 27.2 Å². The molecular weight excluding hydrogens is 378 g/mol. The van der Waals surface area contributed by atoms with Crippen molar-refractivity contribution >= 4 is 32.9 Å². The lowest BCUT2D eigenvalue weighted by Gasteiger charge is -2.36. The van der Waals surface area contributed by atoms with Gasteiger partial charge in [0.2, 0.25) is 0 Å². The molecule has 4 N–H and O–H groups in total. The number of nitrogens with two attached hydrogens (primary N) is 1. The van der Waals surface area contributed by atoms with Gasteiger partial charge in [-0.15, -0.1) is 0 Å². The van der Waals surface area contributed by atoms with E-state index in [9.17, 15) is 9.59 Å². The molecule has 0 saturated carbocycles. The Morgan fingerprint density at radius 1 is 0.967 bits per heavy atom. The summed E-state index contributed by atoms with van der Waals surface area (Å²) in [5.74, 6) is 0. The number of rotatable bonds is 3. The summed E-state index contributed by atoms with van der Waals surface area (Å²) in [4.78, 5) is 26.0. The van der Waals surface area contributed by atoms with Crippen LogP contribution in [0.4, 0.5) is 5.69 Å². The van der Waals surface area contributed by atoms with Crippen LogP contribution in [0.2, 0.25) is 0 Å². The third-order valence-electron chi connectivity index (χ3n) is 5.93. The Kier molecular flexibility index (Phi) is 4.03. The number of nitrogens with one attached hydrogen (secondary N) is 2. The van der Waals surface area contributed by atoms with E-state index in [2.05, 4.69) is 10.6 Å². The molecule has 6 rings (SSSR count). The summed E-state index contributed by atoms with van der Waals surface area (Å²) < 4.78 is 5.19. The summed E-state index contributed by atoms with van der Waals surface area (Å²) >= 11 is 0. The largest absolute Gasteiger partial charge is 0.386 e. The number of hydrogen-bond acceptors (Lipinski definition) is 6. The minimum atomic E-state index is -1.01. The van der Waals surface area contributed by atoms with Crippen molar-refractivity contribution in [2.75, 3.05) is 12.4 Å². The van der Waals surface area contributed by atoms with Gasteiger partial charge in [-0.2, -0.15) is 0 Å². The Morgan fingerprint density at radius 2 is 1.60 bits per heavy atom. The highest BCUT2D eigenvalue weighted by Crippen LogP contribution is 2.42. The fraction of sp³-hybridized carbons (Fsp3) is 0.167. The fourth-order valence-electron chi connectivity index (χ4n) is 4.36. The predicted molar refractivity (Wildman–Crippen MR) is 120 cm³/mol. The molecular formula is C24H21N3O3. The van der Waals surface area contributed by atoms with E-state index in [-0.39, 0.29) is 0 Å². The Labute approximate surface area is 172 Å². The zero-order valence-corrected chi connectivity index (χ0v) is 16.7. The lowest BCUT2D eigenvalue weighted by atomic mass is 9.80. The highest BCUT2D eigenvalue weighted by molar-refractivity contribution is 6.14. The lowest BCUT2D eigenvalue weighted by molar-refractivity contribution is 0.379. The SMILES string of the molecule is CNC1(N)CC=C(Nc2ccc(C)cc2)c2c1c1c(=O)oc(=O)c2c2ccccc12. The highest BCUT2D eigenvalue weighted by atomic mass is 16.4. The van der Waals surface area contributed by atoms with Crippen molar-refractivity contribution in [2.24, 2.45) is 5.73 Å². The van der Waals surface area contributed by atoms with Gasteiger partial charge in [0.15, 0.2) is 0 Å². The van der Waals surface area contributed by atoms with Crippen molar-refractivity contribution in [3.05, 3.63) is 92.1 Å². The molecule has 1 aliphatic rings. The van der Waals surface area contributed by atoms with E-state index in [1.54, 1.807) is 7.05 Å². The molecule has 3 aromatic carbocycles. The molecule has 6 heteroatoms. The van der Waals surface area contributed by atoms with E-state index in [1.165, 1.54) is 0 Å². The molecule has 0 aliphatic heterocycles. The Balaban J connectivity index is 1.92. The number of aryl methyl sites for hydroxylation is 1. The summed E-state index contributed by atoms with van der Waals surface area (Å²) in [5.41, 5.74) is 8.34. The van der Waals surface area contributed by atoms with Crippen molar-refractivity contribution in [3.63, 3.8) is 0 Å². The van der Waals surface area contributed by atoms with Crippen LogP contribution in [0.1, 0.15) is 23.1 Å². The zero-order valence-electron chi connectivity index (χ0n) is 16.7. The van der Waals surface area contributed by atoms with Gasteiger partial charge in [0, 0.05) is 28.9 Å². The number of fused-ring (bicyclic) bond motifs is 2. The van der Waals surface area contributed by atoms with Crippen molar-refractivity contribution in [2.45, 2.75) is 19.0 Å². The normalized spacial score (nSPS) is 18.4. The van der Waals surface area contributed by atoms with E-state index >= 15 is 0 Å². The van der Waals surface area contributed by atoms with Crippen molar-refractivity contribution < 1.29 is 4.42 Å². The Hall–Kier alpha value is -3.48.